The van der Waals surface area contributed by atoms with Crippen molar-refractivity contribution in [3.63, 3.8) is 0 Å². The number of hydrogen-bond acceptors (Lipinski definition) is 4. The molecule has 0 bridgehead atoms. The fourth-order valence-electron chi connectivity index (χ4n) is 2.80. The van der Waals surface area contributed by atoms with E-state index in [1.54, 1.807) is 32.4 Å². The molecule has 6 nitrogen and oxygen atoms in total. The lowest BCUT2D eigenvalue weighted by molar-refractivity contribution is 0.211. The number of rotatable bonds is 5. The van der Waals surface area contributed by atoms with Crippen LogP contribution in [-0.2, 0) is 0 Å². The number of methoxy groups -OCH3 is 2. The highest BCUT2D eigenvalue weighted by Gasteiger charge is 2.19. The van der Waals surface area contributed by atoms with Gasteiger partial charge in [-0.2, -0.15) is 0 Å². The van der Waals surface area contributed by atoms with Gasteiger partial charge in [0.15, 0.2) is 0 Å². The Labute approximate surface area is 138 Å². The molecule has 2 rings (SSSR count). The maximum atomic E-state index is 12.5. The summed E-state index contributed by atoms with van der Waals surface area (Å²) in [6, 6.07) is 5.30. The zero-order valence-corrected chi connectivity index (χ0v) is 14.3. The Morgan fingerprint density at radius 3 is 2.39 bits per heavy atom. The molecule has 0 aliphatic carbocycles. The van der Waals surface area contributed by atoms with Crippen molar-refractivity contribution in [1.82, 2.24) is 9.80 Å². The van der Waals surface area contributed by atoms with Gasteiger partial charge in [0.05, 0.1) is 14.2 Å². The number of ether oxygens (including phenoxy) is 2. The maximum absolute atomic E-state index is 12.5. The van der Waals surface area contributed by atoms with Crippen LogP contribution in [0.1, 0.15) is 19.8 Å². The van der Waals surface area contributed by atoms with Gasteiger partial charge < -0.3 is 24.6 Å². The molecule has 1 aromatic rings. The predicted octanol–water partition coefficient (Wildman–Crippen LogP) is 2.65. The minimum absolute atomic E-state index is 0.0707. The first-order valence-corrected chi connectivity index (χ1v) is 8.17. The number of nitrogens with one attached hydrogen (secondary N) is 1. The topological polar surface area (TPSA) is 54.0 Å². The summed E-state index contributed by atoms with van der Waals surface area (Å²) in [4.78, 5) is 16.8. The van der Waals surface area contributed by atoms with Crippen molar-refractivity contribution in [2.45, 2.75) is 19.8 Å². The predicted molar refractivity (Wildman–Crippen MR) is 91.5 cm³/mol. The van der Waals surface area contributed by atoms with Gasteiger partial charge in [0.2, 0.25) is 0 Å². The molecule has 0 radical (unpaired) electrons. The SMILES string of the molecule is CCCN1CCCN(C(=O)Nc2cc(OC)cc(OC)c2)CC1. The quantitative estimate of drug-likeness (QED) is 0.906. The summed E-state index contributed by atoms with van der Waals surface area (Å²) in [7, 11) is 3.19. The Hall–Kier alpha value is -1.95. The Morgan fingerprint density at radius 2 is 1.78 bits per heavy atom. The first kappa shape index (κ1) is 17.4. The molecule has 6 heteroatoms. The van der Waals surface area contributed by atoms with E-state index in [2.05, 4.69) is 17.1 Å². The molecule has 1 aromatic carbocycles. The summed E-state index contributed by atoms with van der Waals surface area (Å²) in [6.07, 6.45) is 2.16. The van der Waals surface area contributed by atoms with Crippen molar-refractivity contribution in [1.29, 1.82) is 0 Å². The van der Waals surface area contributed by atoms with Crippen LogP contribution in [0.3, 0.4) is 0 Å². The van der Waals surface area contributed by atoms with Crippen molar-refractivity contribution in [2.24, 2.45) is 0 Å². The van der Waals surface area contributed by atoms with Gasteiger partial charge in [-0.05, 0) is 25.9 Å². The van der Waals surface area contributed by atoms with E-state index >= 15 is 0 Å². The highest BCUT2D eigenvalue weighted by Crippen LogP contribution is 2.26. The van der Waals surface area contributed by atoms with E-state index in [0.717, 1.165) is 45.6 Å². The van der Waals surface area contributed by atoms with E-state index in [4.69, 9.17) is 9.47 Å². The van der Waals surface area contributed by atoms with E-state index < -0.39 is 0 Å². The molecule has 0 spiro atoms. The molecule has 1 fully saturated rings. The smallest absolute Gasteiger partial charge is 0.321 e. The third-order valence-corrected chi connectivity index (χ3v) is 4.02. The minimum atomic E-state index is -0.0707. The summed E-state index contributed by atoms with van der Waals surface area (Å²) in [5.74, 6) is 1.31. The fourth-order valence-corrected chi connectivity index (χ4v) is 2.80. The molecule has 0 saturated carbocycles. The van der Waals surface area contributed by atoms with Gasteiger partial charge in [-0.15, -0.1) is 0 Å². The Morgan fingerprint density at radius 1 is 1.09 bits per heavy atom. The molecular formula is C17H27N3O3. The van der Waals surface area contributed by atoms with Gasteiger partial charge in [0.1, 0.15) is 11.5 Å². The van der Waals surface area contributed by atoms with Crippen LogP contribution in [0.5, 0.6) is 11.5 Å². The number of carbonyl (C=O) groups excluding carboxylic acids is 1. The second-order valence-electron chi connectivity index (χ2n) is 5.71. The molecule has 2 amide bonds. The van der Waals surface area contributed by atoms with Crippen LogP contribution in [0.25, 0.3) is 0 Å². The summed E-state index contributed by atoms with van der Waals surface area (Å²) < 4.78 is 10.5. The van der Waals surface area contributed by atoms with Gasteiger partial charge in [0, 0.05) is 43.5 Å². The highest BCUT2D eigenvalue weighted by molar-refractivity contribution is 5.89. The van der Waals surface area contributed by atoms with Crippen LogP contribution in [0.15, 0.2) is 18.2 Å². The van der Waals surface area contributed by atoms with Crippen LogP contribution in [0.4, 0.5) is 10.5 Å². The van der Waals surface area contributed by atoms with E-state index in [1.165, 1.54) is 0 Å². The molecule has 1 heterocycles. The molecule has 1 N–H and O–H groups in total. The van der Waals surface area contributed by atoms with Crippen molar-refractivity contribution >= 4 is 11.7 Å². The molecule has 0 unspecified atom stereocenters. The number of benzene rings is 1. The summed E-state index contributed by atoms with van der Waals surface area (Å²) >= 11 is 0. The van der Waals surface area contributed by atoms with Crippen molar-refractivity contribution < 1.29 is 14.3 Å². The molecule has 0 aromatic heterocycles. The van der Waals surface area contributed by atoms with E-state index in [1.807, 2.05) is 4.90 Å². The summed E-state index contributed by atoms with van der Waals surface area (Å²) in [5, 5.41) is 2.94. The lowest BCUT2D eigenvalue weighted by atomic mass is 10.2. The second-order valence-corrected chi connectivity index (χ2v) is 5.71. The van der Waals surface area contributed by atoms with E-state index in [-0.39, 0.29) is 6.03 Å². The average molecular weight is 321 g/mol. The standard InChI is InChI=1S/C17H27N3O3/c1-4-6-19-7-5-8-20(10-9-19)17(21)18-14-11-15(22-2)13-16(12-14)23-3/h11-13H,4-10H2,1-3H3,(H,18,21). The fraction of sp³-hybridized carbons (Fsp3) is 0.588. The third kappa shape index (κ3) is 5.03. The number of urea groups is 1. The van der Waals surface area contributed by atoms with Crippen LogP contribution < -0.4 is 14.8 Å². The lowest BCUT2D eigenvalue weighted by Gasteiger charge is -2.22. The number of amides is 2. The zero-order chi connectivity index (χ0) is 16.7. The van der Waals surface area contributed by atoms with E-state index in [9.17, 15) is 4.79 Å². The third-order valence-electron chi connectivity index (χ3n) is 4.02. The minimum Gasteiger partial charge on any atom is -0.497 e. The molecule has 128 valence electrons. The van der Waals surface area contributed by atoms with Crippen LogP contribution in [0.2, 0.25) is 0 Å². The lowest BCUT2D eigenvalue weighted by Crippen LogP contribution is -2.38. The molecule has 0 atom stereocenters. The zero-order valence-electron chi connectivity index (χ0n) is 14.3. The molecule has 1 aliphatic rings. The van der Waals surface area contributed by atoms with E-state index in [0.29, 0.717) is 17.2 Å². The first-order chi connectivity index (χ1) is 11.2. The van der Waals surface area contributed by atoms with Crippen LogP contribution in [0, 0.1) is 0 Å². The van der Waals surface area contributed by atoms with Gasteiger partial charge in [-0.3, -0.25) is 0 Å². The monoisotopic (exact) mass is 321 g/mol. The van der Waals surface area contributed by atoms with Crippen molar-refractivity contribution in [3.05, 3.63) is 18.2 Å². The largest absolute Gasteiger partial charge is 0.497 e. The number of carbonyl (C=O) groups is 1. The molecule has 1 saturated heterocycles. The normalized spacial score (nSPS) is 15.9. The Kier molecular flexibility index (Phi) is 6.52. The summed E-state index contributed by atoms with van der Waals surface area (Å²) in [5.41, 5.74) is 0.681. The van der Waals surface area contributed by atoms with Crippen LogP contribution in [-0.4, -0.2) is 62.8 Å². The Bertz CT molecular complexity index is 500. The van der Waals surface area contributed by atoms with Crippen LogP contribution >= 0.6 is 0 Å². The average Bonchev–Trinajstić information content (AvgIpc) is 2.80. The van der Waals surface area contributed by atoms with Gasteiger partial charge in [-0.1, -0.05) is 6.92 Å². The van der Waals surface area contributed by atoms with Crippen molar-refractivity contribution in [2.75, 3.05) is 52.3 Å². The van der Waals surface area contributed by atoms with Crippen molar-refractivity contribution in [3.8, 4) is 11.5 Å². The number of anilines is 1. The Balaban J connectivity index is 1.98. The maximum Gasteiger partial charge on any atom is 0.321 e. The molecule has 1 aliphatic heterocycles. The highest BCUT2D eigenvalue weighted by atomic mass is 16.5. The second kappa shape index (κ2) is 8.62. The van der Waals surface area contributed by atoms with Gasteiger partial charge >= 0.3 is 6.03 Å². The number of hydrogen-bond donors (Lipinski definition) is 1. The summed E-state index contributed by atoms with van der Waals surface area (Å²) in [6.45, 7) is 6.82. The van der Waals surface area contributed by atoms with Gasteiger partial charge in [-0.25, -0.2) is 4.79 Å². The molecule has 23 heavy (non-hydrogen) atoms. The number of nitrogens with zero attached hydrogens (tertiary/aromatic N) is 2. The van der Waals surface area contributed by atoms with Gasteiger partial charge in [0.25, 0.3) is 0 Å². The molecular weight excluding hydrogens is 294 g/mol. The first-order valence-electron chi connectivity index (χ1n) is 8.17.